The van der Waals surface area contributed by atoms with E-state index >= 15 is 0 Å². The Labute approximate surface area is 148 Å². The number of unbranched alkanes of at least 4 members (excludes halogenated alkanes) is 4. The Kier molecular flexibility index (Phi) is 6.75. The average molecular weight is 331 g/mol. The number of fused-ring (bicyclic) bond motifs is 1. The molecule has 4 atom stereocenters. The van der Waals surface area contributed by atoms with Crippen LogP contribution in [0.3, 0.4) is 0 Å². The highest BCUT2D eigenvalue weighted by atomic mass is 19.1. The molecule has 1 aromatic rings. The number of hydrogen-bond acceptors (Lipinski definition) is 0. The Bertz CT molecular complexity index is 477. The molecule has 0 amide bonds. The maximum Gasteiger partial charge on any atom is 0.123 e. The van der Waals surface area contributed by atoms with Crippen LogP contribution in [0.25, 0.3) is 0 Å². The monoisotopic (exact) mass is 330 g/mol. The van der Waals surface area contributed by atoms with Crippen LogP contribution in [0.2, 0.25) is 0 Å². The van der Waals surface area contributed by atoms with Gasteiger partial charge in [-0.1, -0.05) is 64.0 Å². The number of halogens is 1. The molecule has 2 fully saturated rings. The van der Waals surface area contributed by atoms with Crippen LogP contribution in [0, 0.1) is 23.6 Å². The van der Waals surface area contributed by atoms with Gasteiger partial charge in [-0.15, -0.1) is 0 Å². The van der Waals surface area contributed by atoms with E-state index in [0.717, 1.165) is 17.8 Å². The van der Waals surface area contributed by atoms with E-state index in [4.69, 9.17) is 0 Å². The zero-order valence-electron chi connectivity index (χ0n) is 15.5. The van der Waals surface area contributed by atoms with Crippen LogP contribution in [-0.2, 0) is 0 Å². The summed E-state index contributed by atoms with van der Waals surface area (Å²) in [4.78, 5) is 0. The highest BCUT2D eigenvalue weighted by Crippen LogP contribution is 2.48. The lowest BCUT2D eigenvalue weighted by Gasteiger charge is -2.42. The summed E-state index contributed by atoms with van der Waals surface area (Å²) in [5.41, 5.74) is 1.37. The summed E-state index contributed by atoms with van der Waals surface area (Å²) in [6, 6.07) is 7.30. The van der Waals surface area contributed by atoms with E-state index in [-0.39, 0.29) is 5.82 Å². The lowest BCUT2D eigenvalue weighted by Crippen LogP contribution is -2.30. The lowest BCUT2D eigenvalue weighted by atomic mass is 9.63. The third kappa shape index (κ3) is 4.83. The van der Waals surface area contributed by atoms with E-state index in [1.54, 1.807) is 12.1 Å². The summed E-state index contributed by atoms with van der Waals surface area (Å²) < 4.78 is 13.1. The first-order valence-electron chi connectivity index (χ1n) is 10.5. The molecule has 2 aliphatic rings. The predicted octanol–water partition coefficient (Wildman–Crippen LogP) is 7.49. The Hall–Kier alpha value is -0.850. The Morgan fingerprint density at radius 2 is 1.54 bits per heavy atom. The molecular weight excluding hydrogens is 295 g/mol. The predicted molar refractivity (Wildman–Crippen MR) is 101 cm³/mol. The smallest absolute Gasteiger partial charge is 0.123 e. The molecule has 0 aromatic heterocycles. The first-order chi connectivity index (χ1) is 11.8. The standard InChI is InChI=1S/C23H35F/c1-2-3-4-5-6-7-18-8-9-22-17-21(11-10-20(22)16-18)19-12-14-23(24)15-13-19/h12-15,18,20-22H,2-11,16-17H2,1H3. The topological polar surface area (TPSA) is 0 Å². The second kappa shape index (κ2) is 9.02. The van der Waals surface area contributed by atoms with E-state index in [1.807, 2.05) is 12.1 Å². The molecule has 2 aliphatic carbocycles. The third-order valence-electron chi connectivity index (χ3n) is 6.78. The van der Waals surface area contributed by atoms with Gasteiger partial charge in [-0.3, -0.25) is 0 Å². The van der Waals surface area contributed by atoms with Crippen molar-refractivity contribution in [3.63, 3.8) is 0 Å². The Morgan fingerprint density at radius 3 is 2.33 bits per heavy atom. The molecule has 0 radical (unpaired) electrons. The minimum atomic E-state index is -0.105. The maximum absolute atomic E-state index is 13.1. The van der Waals surface area contributed by atoms with Crippen LogP contribution < -0.4 is 0 Å². The quantitative estimate of drug-likeness (QED) is 0.454. The van der Waals surface area contributed by atoms with Crippen LogP contribution in [0.1, 0.15) is 95.5 Å². The first-order valence-corrected chi connectivity index (χ1v) is 10.5. The van der Waals surface area contributed by atoms with Gasteiger partial charge in [0.15, 0.2) is 0 Å². The molecule has 0 spiro atoms. The van der Waals surface area contributed by atoms with Gasteiger partial charge >= 0.3 is 0 Å². The van der Waals surface area contributed by atoms with Crippen molar-refractivity contribution < 1.29 is 4.39 Å². The van der Waals surface area contributed by atoms with Crippen molar-refractivity contribution in [1.82, 2.24) is 0 Å². The van der Waals surface area contributed by atoms with Crippen LogP contribution in [0.4, 0.5) is 4.39 Å². The Morgan fingerprint density at radius 1 is 0.833 bits per heavy atom. The largest absolute Gasteiger partial charge is 0.207 e. The second-order valence-electron chi connectivity index (χ2n) is 8.46. The highest BCUT2D eigenvalue weighted by Gasteiger charge is 2.35. The van der Waals surface area contributed by atoms with Gasteiger partial charge in [0.1, 0.15) is 5.82 Å². The van der Waals surface area contributed by atoms with Crippen molar-refractivity contribution in [1.29, 1.82) is 0 Å². The van der Waals surface area contributed by atoms with Gasteiger partial charge in [0.2, 0.25) is 0 Å². The van der Waals surface area contributed by atoms with Crippen molar-refractivity contribution in [3.8, 4) is 0 Å². The van der Waals surface area contributed by atoms with Crippen molar-refractivity contribution >= 4 is 0 Å². The molecule has 4 unspecified atom stereocenters. The zero-order valence-corrected chi connectivity index (χ0v) is 15.5. The fourth-order valence-corrected chi connectivity index (χ4v) is 5.32. The lowest BCUT2D eigenvalue weighted by molar-refractivity contribution is 0.113. The second-order valence-corrected chi connectivity index (χ2v) is 8.46. The summed E-state index contributed by atoms with van der Waals surface area (Å²) in [5.74, 6) is 3.50. The Balaban J connectivity index is 1.43. The first kappa shape index (κ1) is 18.0. The molecule has 2 saturated carbocycles. The summed E-state index contributed by atoms with van der Waals surface area (Å²) in [7, 11) is 0. The molecule has 0 heterocycles. The van der Waals surface area contributed by atoms with Gasteiger partial charge in [0, 0.05) is 0 Å². The molecule has 0 N–H and O–H groups in total. The van der Waals surface area contributed by atoms with Gasteiger partial charge in [0.25, 0.3) is 0 Å². The molecule has 24 heavy (non-hydrogen) atoms. The fourth-order valence-electron chi connectivity index (χ4n) is 5.32. The van der Waals surface area contributed by atoms with Crippen molar-refractivity contribution in [2.24, 2.45) is 17.8 Å². The van der Waals surface area contributed by atoms with Crippen molar-refractivity contribution in [2.75, 3.05) is 0 Å². The summed E-state index contributed by atoms with van der Waals surface area (Å²) in [6.45, 7) is 2.30. The molecule has 0 aliphatic heterocycles. The third-order valence-corrected chi connectivity index (χ3v) is 6.78. The average Bonchev–Trinajstić information content (AvgIpc) is 2.62. The molecule has 134 valence electrons. The molecular formula is C23H35F. The van der Waals surface area contributed by atoms with E-state index < -0.39 is 0 Å². The molecule has 1 heteroatoms. The normalized spacial score (nSPS) is 30.1. The van der Waals surface area contributed by atoms with Crippen LogP contribution in [0.5, 0.6) is 0 Å². The summed E-state index contributed by atoms with van der Waals surface area (Å²) in [5, 5.41) is 0. The van der Waals surface area contributed by atoms with Gasteiger partial charge in [-0.2, -0.15) is 0 Å². The minimum absolute atomic E-state index is 0.105. The minimum Gasteiger partial charge on any atom is -0.207 e. The summed E-state index contributed by atoms with van der Waals surface area (Å²) in [6.07, 6.45) is 17.1. The van der Waals surface area contributed by atoms with E-state index in [1.165, 1.54) is 82.6 Å². The molecule has 1 aromatic carbocycles. The van der Waals surface area contributed by atoms with Gasteiger partial charge in [0.05, 0.1) is 0 Å². The number of rotatable bonds is 7. The molecule has 0 bridgehead atoms. The van der Waals surface area contributed by atoms with E-state index in [9.17, 15) is 4.39 Å². The number of benzene rings is 1. The highest BCUT2D eigenvalue weighted by molar-refractivity contribution is 5.21. The van der Waals surface area contributed by atoms with Crippen LogP contribution in [-0.4, -0.2) is 0 Å². The van der Waals surface area contributed by atoms with Crippen molar-refractivity contribution in [3.05, 3.63) is 35.6 Å². The van der Waals surface area contributed by atoms with Gasteiger partial charge in [-0.25, -0.2) is 4.39 Å². The van der Waals surface area contributed by atoms with Gasteiger partial charge < -0.3 is 0 Å². The van der Waals surface area contributed by atoms with E-state index in [0.29, 0.717) is 5.92 Å². The summed E-state index contributed by atoms with van der Waals surface area (Å²) >= 11 is 0. The van der Waals surface area contributed by atoms with Crippen molar-refractivity contribution in [2.45, 2.75) is 89.9 Å². The number of hydrogen-bond donors (Lipinski definition) is 0. The van der Waals surface area contributed by atoms with Crippen LogP contribution in [0.15, 0.2) is 24.3 Å². The van der Waals surface area contributed by atoms with Gasteiger partial charge in [-0.05, 0) is 73.5 Å². The SMILES string of the molecule is CCCCCCCC1CCC2CC(c3ccc(F)cc3)CCC2C1. The fraction of sp³-hybridized carbons (Fsp3) is 0.739. The van der Waals surface area contributed by atoms with Crippen LogP contribution >= 0.6 is 0 Å². The molecule has 3 rings (SSSR count). The molecule has 0 nitrogen and oxygen atoms in total. The van der Waals surface area contributed by atoms with E-state index in [2.05, 4.69) is 6.92 Å². The maximum atomic E-state index is 13.1. The molecule has 0 saturated heterocycles. The zero-order chi connectivity index (χ0) is 16.8.